The maximum absolute atomic E-state index is 11.4. The number of hydrogen-bond donors (Lipinski definition) is 2. The third-order valence-corrected chi connectivity index (χ3v) is 4.45. The van der Waals surface area contributed by atoms with Crippen LogP contribution in [0.25, 0.3) is 0 Å². The third kappa shape index (κ3) is 2.85. The van der Waals surface area contributed by atoms with Crippen molar-refractivity contribution in [3.63, 3.8) is 0 Å². The van der Waals surface area contributed by atoms with Gasteiger partial charge in [-0.3, -0.25) is 0 Å². The molecule has 0 aromatic heterocycles. The molecule has 0 radical (unpaired) electrons. The highest BCUT2D eigenvalue weighted by Crippen LogP contribution is 2.37. The van der Waals surface area contributed by atoms with E-state index in [4.69, 9.17) is 28.3 Å². The average Bonchev–Trinajstić information content (AvgIpc) is 2.86. The van der Waals surface area contributed by atoms with Gasteiger partial charge in [-0.15, -0.1) is 0 Å². The first kappa shape index (κ1) is 13.0. The molecule has 1 aliphatic carbocycles. The predicted octanol–water partition coefficient (Wildman–Crippen LogP) is 2.46. The van der Waals surface area contributed by atoms with Crippen LogP contribution in [0.4, 0.5) is 5.69 Å². The van der Waals surface area contributed by atoms with Gasteiger partial charge < -0.3 is 5.32 Å². The Kier molecular flexibility index (Phi) is 3.29. The van der Waals surface area contributed by atoms with Crippen LogP contribution >= 0.6 is 23.2 Å². The number of anilines is 1. The van der Waals surface area contributed by atoms with Crippen molar-refractivity contribution in [2.45, 2.75) is 24.3 Å². The molecular formula is C10H12Cl2N2O2S. The Bertz CT molecular complexity index is 560. The van der Waals surface area contributed by atoms with Crippen LogP contribution in [-0.2, 0) is 10.0 Å². The lowest BCUT2D eigenvalue weighted by Gasteiger charge is -2.11. The van der Waals surface area contributed by atoms with E-state index in [1.54, 1.807) is 0 Å². The third-order valence-electron chi connectivity index (χ3n) is 2.78. The summed E-state index contributed by atoms with van der Waals surface area (Å²) in [6.07, 6.45) is 1.00. The second kappa shape index (κ2) is 4.31. The van der Waals surface area contributed by atoms with Crippen molar-refractivity contribution in [3.05, 3.63) is 22.2 Å². The van der Waals surface area contributed by atoms with Gasteiger partial charge in [-0.05, 0) is 24.5 Å². The number of nitrogens with one attached hydrogen (secondary N) is 1. The Labute approximate surface area is 110 Å². The van der Waals surface area contributed by atoms with Crippen molar-refractivity contribution in [2.24, 2.45) is 11.1 Å². The van der Waals surface area contributed by atoms with Crippen molar-refractivity contribution in [3.8, 4) is 0 Å². The highest BCUT2D eigenvalue weighted by molar-refractivity contribution is 7.89. The minimum atomic E-state index is -3.81. The molecule has 17 heavy (non-hydrogen) atoms. The first-order valence-corrected chi connectivity index (χ1v) is 7.37. The van der Waals surface area contributed by atoms with Crippen LogP contribution in [0.2, 0.25) is 10.0 Å². The summed E-state index contributed by atoms with van der Waals surface area (Å²) in [5.41, 5.74) is 0.413. The molecule has 2 atom stereocenters. The van der Waals surface area contributed by atoms with Gasteiger partial charge in [0.25, 0.3) is 0 Å². The number of nitrogens with two attached hydrogens (primary N) is 1. The van der Waals surface area contributed by atoms with E-state index in [0.717, 1.165) is 6.42 Å². The molecule has 1 fully saturated rings. The van der Waals surface area contributed by atoms with Crippen LogP contribution in [-0.4, -0.2) is 14.5 Å². The summed E-state index contributed by atoms with van der Waals surface area (Å²) in [5.74, 6) is 0.526. The number of rotatable bonds is 3. The molecular weight excluding hydrogens is 283 g/mol. The number of sulfonamides is 1. The molecule has 3 N–H and O–H groups in total. The van der Waals surface area contributed by atoms with Gasteiger partial charge >= 0.3 is 0 Å². The van der Waals surface area contributed by atoms with Gasteiger partial charge in [0.1, 0.15) is 4.90 Å². The molecule has 0 heterocycles. The lowest BCUT2D eigenvalue weighted by Crippen LogP contribution is -2.16. The number of hydrogen-bond acceptors (Lipinski definition) is 3. The van der Waals surface area contributed by atoms with Crippen LogP contribution in [0.1, 0.15) is 13.3 Å². The standard InChI is InChI=1S/C10H12Cl2N2O2S/c1-5-2-8(5)14-9-3-6(11)7(12)4-10(9)17(13,15)16/h3-5,8,14H,2H2,1H3,(H2,13,15,16). The molecule has 0 aliphatic heterocycles. The highest BCUT2D eigenvalue weighted by atomic mass is 35.5. The minimum absolute atomic E-state index is 0.0222. The second-order valence-corrected chi connectivity index (χ2v) is 6.62. The molecule has 0 saturated heterocycles. The molecule has 2 unspecified atom stereocenters. The van der Waals surface area contributed by atoms with E-state index < -0.39 is 10.0 Å². The Morgan fingerprint density at radius 3 is 2.35 bits per heavy atom. The monoisotopic (exact) mass is 294 g/mol. The highest BCUT2D eigenvalue weighted by Gasteiger charge is 2.33. The summed E-state index contributed by atoms with van der Waals surface area (Å²) in [4.78, 5) is -0.0222. The molecule has 1 aromatic rings. The lowest BCUT2D eigenvalue weighted by atomic mass is 10.3. The quantitative estimate of drug-likeness (QED) is 0.899. The van der Waals surface area contributed by atoms with Gasteiger partial charge in [0.05, 0.1) is 15.7 Å². The van der Waals surface area contributed by atoms with Crippen LogP contribution in [0, 0.1) is 5.92 Å². The number of halogens is 2. The van der Waals surface area contributed by atoms with Gasteiger partial charge in [-0.25, -0.2) is 13.6 Å². The molecule has 0 bridgehead atoms. The summed E-state index contributed by atoms with van der Waals surface area (Å²) in [6.45, 7) is 2.08. The molecule has 0 spiro atoms. The summed E-state index contributed by atoms with van der Waals surface area (Å²) < 4.78 is 22.9. The van der Waals surface area contributed by atoms with E-state index in [-0.39, 0.29) is 16.0 Å². The van der Waals surface area contributed by atoms with Crippen molar-refractivity contribution in [1.82, 2.24) is 0 Å². The van der Waals surface area contributed by atoms with Gasteiger partial charge in [0.2, 0.25) is 10.0 Å². The average molecular weight is 295 g/mol. The zero-order valence-corrected chi connectivity index (χ0v) is 11.4. The maximum atomic E-state index is 11.4. The van der Waals surface area contributed by atoms with Gasteiger partial charge in [0.15, 0.2) is 0 Å². The zero-order valence-electron chi connectivity index (χ0n) is 9.07. The van der Waals surface area contributed by atoms with Crippen molar-refractivity contribution in [1.29, 1.82) is 0 Å². The first-order valence-electron chi connectivity index (χ1n) is 5.07. The summed E-state index contributed by atoms with van der Waals surface area (Å²) >= 11 is 11.7. The van der Waals surface area contributed by atoms with E-state index in [9.17, 15) is 8.42 Å². The first-order chi connectivity index (χ1) is 7.79. The Morgan fingerprint density at radius 2 is 1.88 bits per heavy atom. The molecule has 0 amide bonds. The van der Waals surface area contributed by atoms with Crippen molar-refractivity contribution >= 4 is 38.9 Å². The van der Waals surface area contributed by atoms with Crippen LogP contribution in [0.3, 0.4) is 0 Å². The predicted molar refractivity (Wildman–Crippen MR) is 69.0 cm³/mol. The second-order valence-electron chi connectivity index (χ2n) is 4.27. The Balaban J connectivity index is 2.44. The van der Waals surface area contributed by atoms with Gasteiger partial charge in [0, 0.05) is 6.04 Å². The smallest absolute Gasteiger partial charge is 0.240 e. The fourth-order valence-electron chi connectivity index (χ4n) is 1.60. The topological polar surface area (TPSA) is 72.2 Å². The number of benzene rings is 1. The maximum Gasteiger partial charge on any atom is 0.240 e. The van der Waals surface area contributed by atoms with E-state index in [2.05, 4.69) is 12.2 Å². The van der Waals surface area contributed by atoms with Crippen LogP contribution < -0.4 is 10.5 Å². The fraction of sp³-hybridized carbons (Fsp3) is 0.400. The van der Waals surface area contributed by atoms with Gasteiger partial charge in [-0.1, -0.05) is 30.1 Å². The SMILES string of the molecule is CC1CC1Nc1cc(Cl)c(Cl)cc1S(N)(=O)=O. The van der Waals surface area contributed by atoms with Crippen LogP contribution in [0.5, 0.6) is 0 Å². The normalized spacial score (nSPS) is 23.5. The molecule has 94 valence electrons. The van der Waals surface area contributed by atoms with Crippen molar-refractivity contribution in [2.75, 3.05) is 5.32 Å². The summed E-state index contributed by atoms with van der Waals surface area (Å²) in [6, 6.07) is 3.04. The summed E-state index contributed by atoms with van der Waals surface area (Å²) in [5, 5.41) is 8.72. The van der Waals surface area contributed by atoms with Gasteiger partial charge in [-0.2, -0.15) is 0 Å². The van der Waals surface area contributed by atoms with E-state index >= 15 is 0 Å². The van der Waals surface area contributed by atoms with Crippen LogP contribution in [0.15, 0.2) is 17.0 Å². The van der Waals surface area contributed by atoms with E-state index in [1.165, 1.54) is 12.1 Å². The largest absolute Gasteiger partial charge is 0.381 e. The number of primary sulfonamides is 1. The molecule has 1 aromatic carbocycles. The Morgan fingerprint density at radius 1 is 1.35 bits per heavy atom. The zero-order chi connectivity index (χ0) is 12.8. The Hall–Kier alpha value is -0.490. The lowest BCUT2D eigenvalue weighted by molar-refractivity contribution is 0.598. The molecule has 1 aliphatic rings. The summed E-state index contributed by atoms with van der Waals surface area (Å²) in [7, 11) is -3.81. The molecule has 2 rings (SSSR count). The minimum Gasteiger partial charge on any atom is -0.381 e. The van der Waals surface area contributed by atoms with E-state index in [0.29, 0.717) is 16.6 Å². The molecule has 7 heteroatoms. The van der Waals surface area contributed by atoms with Crippen molar-refractivity contribution < 1.29 is 8.42 Å². The fourth-order valence-corrected chi connectivity index (χ4v) is 2.70. The van der Waals surface area contributed by atoms with E-state index in [1.807, 2.05) is 0 Å². The molecule has 1 saturated carbocycles. The molecule has 4 nitrogen and oxygen atoms in total.